The zero-order valence-corrected chi connectivity index (χ0v) is 13.6. The van der Waals surface area contributed by atoms with Crippen LogP contribution >= 0.6 is 12.4 Å². The lowest BCUT2D eigenvalue weighted by atomic mass is 9.95. The van der Waals surface area contributed by atoms with E-state index in [0.717, 1.165) is 57.1 Å². The normalized spacial score (nSPS) is 30.5. The highest BCUT2D eigenvalue weighted by Crippen LogP contribution is 2.49. The highest BCUT2D eigenvalue weighted by molar-refractivity contribution is 5.85. The summed E-state index contributed by atoms with van der Waals surface area (Å²) >= 11 is 0. The van der Waals surface area contributed by atoms with Gasteiger partial charge in [0.25, 0.3) is 0 Å². The first-order chi connectivity index (χ1) is 9.83. The Bertz CT molecular complexity index is 358. The van der Waals surface area contributed by atoms with Crippen molar-refractivity contribution in [3.8, 4) is 0 Å². The van der Waals surface area contributed by atoms with Crippen molar-refractivity contribution < 1.29 is 4.79 Å². The zero-order valence-electron chi connectivity index (χ0n) is 12.8. The van der Waals surface area contributed by atoms with Crippen LogP contribution in [0.15, 0.2) is 0 Å². The lowest BCUT2D eigenvalue weighted by Crippen LogP contribution is -2.53. The van der Waals surface area contributed by atoms with Gasteiger partial charge in [0.1, 0.15) is 0 Å². The van der Waals surface area contributed by atoms with Gasteiger partial charge in [-0.3, -0.25) is 9.69 Å². The van der Waals surface area contributed by atoms with E-state index in [-0.39, 0.29) is 12.4 Å². The van der Waals surface area contributed by atoms with Gasteiger partial charge in [-0.05, 0) is 50.5 Å². The molecule has 0 aromatic rings. The summed E-state index contributed by atoms with van der Waals surface area (Å²) < 4.78 is 0. The van der Waals surface area contributed by atoms with Crippen LogP contribution in [0.25, 0.3) is 0 Å². The molecule has 1 N–H and O–H groups in total. The number of amides is 1. The first-order valence-corrected chi connectivity index (χ1v) is 8.56. The molecule has 1 unspecified atom stereocenters. The molecule has 1 amide bonds. The van der Waals surface area contributed by atoms with Gasteiger partial charge in [0.05, 0.1) is 0 Å². The van der Waals surface area contributed by atoms with Crippen LogP contribution < -0.4 is 5.32 Å². The number of rotatable bonds is 4. The van der Waals surface area contributed by atoms with Gasteiger partial charge < -0.3 is 10.2 Å². The van der Waals surface area contributed by atoms with Gasteiger partial charge in [0.2, 0.25) is 5.91 Å². The monoisotopic (exact) mass is 313 g/mol. The number of piperazine rings is 1. The van der Waals surface area contributed by atoms with Crippen LogP contribution in [0.5, 0.6) is 0 Å². The molecule has 0 bridgehead atoms. The molecule has 4 aliphatic rings. The fourth-order valence-electron chi connectivity index (χ4n) is 4.17. The van der Waals surface area contributed by atoms with Crippen LogP contribution in [0.4, 0.5) is 0 Å². The van der Waals surface area contributed by atoms with Crippen molar-refractivity contribution in [3.05, 3.63) is 0 Å². The maximum atomic E-state index is 12.8. The Morgan fingerprint density at radius 1 is 0.952 bits per heavy atom. The molecule has 4 fully saturated rings. The van der Waals surface area contributed by atoms with E-state index in [1.165, 1.54) is 32.1 Å². The Balaban J connectivity index is 0.00000132. The van der Waals surface area contributed by atoms with Gasteiger partial charge in [-0.25, -0.2) is 0 Å². The molecule has 5 heteroatoms. The number of carbonyl (C=O) groups excluding carboxylic acids is 1. The molecule has 0 aromatic carbocycles. The molecule has 21 heavy (non-hydrogen) atoms. The molecule has 4 rings (SSSR count). The van der Waals surface area contributed by atoms with E-state index in [1.807, 2.05) is 0 Å². The molecule has 0 radical (unpaired) electrons. The first-order valence-electron chi connectivity index (χ1n) is 8.56. The van der Waals surface area contributed by atoms with Crippen LogP contribution in [0.3, 0.4) is 0 Å². The fourth-order valence-corrected chi connectivity index (χ4v) is 4.17. The summed E-state index contributed by atoms with van der Waals surface area (Å²) in [5.74, 6) is 2.38. The van der Waals surface area contributed by atoms with Crippen molar-refractivity contribution in [2.75, 3.05) is 39.3 Å². The summed E-state index contributed by atoms with van der Waals surface area (Å²) in [5, 5.41) is 3.45. The van der Waals surface area contributed by atoms with Crippen LogP contribution in [-0.2, 0) is 4.79 Å². The van der Waals surface area contributed by atoms with Crippen molar-refractivity contribution in [3.63, 3.8) is 0 Å². The summed E-state index contributed by atoms with van der Waals surface area (Å²) in [5.41, 5.74) is 0. The maximum Gasteiger partial charge on any atom is 0.226 e. The molecule has 120 valence electrons. The predicted octanol–water partition coefficient (Wildman–Crippen LogP) is 1.35. The van der Waals surface area contributed by atoms with Gasteiger partial charge >= 0.3 is 0 Å². The van der Waals surface area contributed by atoms with Crippen molar-refractivity contribution in [1.82, 2.24) is 15.1 Å². The molecule has 1 atom stereocenters. The quantitative estimate of drug-likeness (QED) is 0.851. The standard InChI is InChI=1S/C16H27N3O.ClH/c20-16(15(12-1-2-12)13-3-4-13)19-9-7-18(8-10-19)14-5-6-17-11-14;/h12-15,17H,1-11H2;1H. The number of hydrogen-bond acceptors (Lipinski definition) is 3. The van der Waals surface area contributed by atoms with Crippen LogP contribution in [0.1, 0.15) is 32.1 Å². The van der Waals surface area contributed by atoms with E-state index in [9.17, 15) is 4.79 Å². The minimum absolute atomic E-state index is 0. The number of nitrogens with one attached hydrogen (secondary N) is 1. The lowest BCUT2D eigenvalue weighted by molar-refractivity contribution is -0.139. The minimum atomic E-state index is 0. The van der Waals surface area contributed by atoms with Crippen molar-refractivity contribution >= 4 is 18.3 Å². The first kappa shape index (κ1) is 15.6. The molecular formula is C16H28ClN3O. The third-order valence-electron chi connectivity index (χ3n) is 5.72. The van der Waals surface area contributed by atoms with E-state index in [1.54, 1.807) is 0 Å². The van der Waals surface area contributed by atoms with Crippen molar-refractivity contribution in [2.24, 2.45) is 17.8 Å². The molecule has 2 saturated heterocycles. The van der Waals surface area contributed by atoms with Crippen molar-refractivity contribution in [1.29, 1.82) is 0 Å². The predicted molar refractivity (Wildman–Crippen MR) is 85.6 cm³/mol. The second-order valence-corrected chi connectivity index (χ2v) is 7.21. The summed E-state index contributed by atoms with van der Waals surface area (Å²) in [6.07, 6.45) is 6.50. The smallest absolute Gasteiger partial charge is 0.226 e. The number of hydrogen-bond donors (Lipinski definition) is 1. The van der Waals surface area contributed by atoms with Crippen LogP contribution in [0.2, 0.25) is 0 Å². The van der Waals surface area contributed by atoms with Gasteiger partial charge in [0.15, 0.2) is 0 Å². The highest BCUT2D eigenvalue weighted by Gasteiger charge is 2.47. The Morgan fingerprint density at radius 3 is 2.05 bits per heavy atom. The molecule has 0 aromatic heterocycles. The molecule has 2 aliphatic carbocycles. The summed E-state index contributed by atoms with van der Waals surface area (Å²) in [6, 6.07) is 0.718. The van der Waals surface area contributed by atoms with Gasteiger partial charge in [0, 0.05) is 44.7 Å². The molecule has 4 nitrogen and oxygen atoms in total. The minimum Gasteiger partial charge on any atom is -0.340 e. The van der Waals surface area contributed by atoms with Gasteiger partial charge in [-0.1, -0.05) is 0 Å². The number of nitrogens with zero attached hydrogens (tertiary/aromatic N) is 2. The van der Waals surface area contributed by atoms with Crippen LogP contribution in [0, 0.1) is 17.8 Å². The van der Waals surface area contributed by atoms with Gasteiger partial charge in [-0.15, -0.1) is 12.4 Å². The highest BCUT2D eigenvalue weighted by atomic mass is 35.5. The number of halogens is 1. The Morgan fingerprint density at radius 2 is 1.57 bits per heavy atom. The van der Waals surface area contributed by atoms with E-state index < -0.39 is 0 Å². The second kappa shape index (κ2) is 6.43. The zero-order chi connectivity index (χ0) is 13.5. The Labute approximate surface area is 134 Å². The third-order valence-corrected chi connectivity index (χ3v) is 5.72. The Kier molecular flexibility index (Phi) is 4.77. The summed E-state index contributed by atoms with van der Waals surface area (Å²) in [7, 11) is 0. The molecule has 0 spiro atoms. The topological polar surface area (TPSA) is 35.6 Å². The summed E-state index contributed by atoms with van der Waals surface area (Å²) in [4.78, 5) is 17.6. The molecule has 2 aliphatic heterocycles. The SMILES string of the molecule is Cl.O=C(C(C1CC1)C1CC1)N1CCN(C2CCNC2)CC1. The van der Waals surface area contributed by atoms with E-state index >= 15 is 0 Å². The lowest BCUT2D eigenvalue weighted by Gasteiger charge is -2.39. The van der Waals surface area contributed by atoms with E-state index in [2.05, 4.69) is 15.1 Å². The fraction of sp³-hybridized carbons (Fsp3) is 0.938. The third kappa shape index (κ3) is 3.38. The second-order valence-electron chi connectivity index (χ2n) is 7.21. The molecular weight excluding hydrogens is 286 g/mol. The molecule has 2 heterocycles. The van der Waals surface area contributed by atoms with E-state index in [0.29, 0.717) is 11.8 Å². The van der Waals surface area contributed by atoms with Crippen molar-refractivity contribution in [2.45, 2.75) is 38.1 Å². The average molecular weight is 314 g/mol. The number of carbonyl (C=O) groups is 1. The Hall–Kier alpha value is -0.320. The largest absolute Gasteiger partial charge is 0.340 e. The van der Waals surface area contributed by atoms with E-state index in [4.69, 9.17) is 0 Å². The average Bonchev–Trinajstić information content (AvgIpc) is 3.42. The summed E-state index contributed by atoms with van der Waals surface area (Å²) in [6.45, 7) is 6.40. The molecule has 2 saturated carbocycles. The van der Waals surface area contributed by atoms with Crippen LogP contribution in [-0.4, -0.2) is 61.0 Å². The van der Waals surface area contributed by atoms with Gasteiger partial charge in [-0.2, -0.15) is 0 Å². The maximum absolute atomic E-state index is 12.8.